The number of carbonyl (C=O) groups excluding carboxylic acids is 1. The number of allylic oxidation sites excluding steroid dienone is 2. The molecule has 0 aromatic rings. The van der Waals surface area contributed by atoms with Gasteiger partial charge in [0.1, 0.15) is 5.60 Å². The van der Waals surface area contributed by atoms with Crippen LogP contribution in [0.3, 0.4) is 0 Å². The summed E-state index contributed by atoms with van der Waals surface area (Å²) in [4.78, 5) is 11.6. The van der Waals surface area contributed by atoms with Crippen LogP contribution in [0.4, 0.5) is 0 Å². The Morgan fingerprint density at radius 1 is 1.35 bits per heavy atom. The van der Waals surface area contributed by atoms with E-state index >= 15 is 0 Å². The number of carbonyl (C=O) groups is 1. The molecule has 2 aliphatic rings. The molecule has 6 atom stereocenters. The molecule has 0 aliphatic heterocycles. The largest absolute Gasteiger partial charge is 0.460 e. The first kappa shape index (κ1) is 21.2. The molecule has 0 heterocycles. The molecule has 2 rings (SSSR count). The number of ether oxygens (including phenoxy) is 1. The Hall–Kier alpha value is -1.13. The second kappa shape index (κ2) is 7.85. The SMILES string of the molecule is CC(=O)OC(C)(C)C1CC[C@]2(C)/C=C/C(C)C[C@@H](O)/C=C(\C)CC(O)C12. The molecular formula is C22H36O4. The summed E-state index contributed by atoms with van der Waals surface area (Å²) in [5, 5.41) is 21.4. The van der Waals surface area contributed by atoms with Gasteiger partial charge in [0.05, 0.1) is 12.2 Å². The second-order valence-corrected chi connectivity index (χ2v) is 9.30. The average molecular weight is 365 g/mol. The first-order valence-corrected chi connectivity index (χ1v) is 9.87. The minimum absolute atomic E-state index is 0.00103. The fourth-order valence-electron chi connectivity index (χ4n) is 5.17. The van der Waals surface area contributed by atoms with Crippen molar-refractivity contribution in [2.75, 3.05) is 0 Å². The molecule has 26 heavy (non-hydrogen) atoms. The number of aliphatic hydroxyl groups excluding tert-OH is 2. The number of hydrogen-bond donors (Lipinski definition) is 2. The number of esters is 1. The Labute approximate surface area is 158 Å². The Balaban J connectivity index is 2.42. The first-order valence-electron chi connectivity index (χ1n) is 9.87. The smallest absolute Gasteiger partial charge is 0.303 e. The topological polar surface area (TPSA) is 66.8 Å². The van der Waals surface area contributed by atoms with Crippen molar-refractivity contribution in [1.82, 2.24) is 0 Å². The fraction of sp³-hybridized carbons (Fsp3) is 0.773. The van der Waals surface area contributed by atoms with Gasteiger partial charge in [0.15, 0.2) is 0 Å². The van der Waals surface area contributed by atoms with Gasteiger partial charge in [-0.1, -0.05) is 37.6 Å². The molecular weight excluding hydrogens is 328 g/mol. The van der Waals surface area contributed by atoms with Crippen molar-refractivity contribution >= 4 is 5.97 Å². The average Bonchev–Trinajstić information content (AvgIpc) is 2.81. The van der Waals surface area contributed by atoms with E-state index in [1.807, 2.05) is 26.8 Å². The van der Waals surface area contributed by atoms with Crippen LogP contribution in [-0.4, -0.2) is 34.0 Å². The summed E-state index contributed by atoms with van der Waals surface area (Å²) < 4.78 is 5.65. The van der Waals surface area contributed by atoms with Crippen LogP contribution in [0.15, 0.2) is 23.8 Å². The van der Waals surface area contributed by atoms with E-state index in [1.165, 1.54) is 6.92 Å². The van der Waals surface area contributed by atoms with E-state index in [0.29, 0.717) is 12.8 Å². The van der Waals surface area contributed by atoms with Crippen LogP contribution in [0.5, 0.6) is 0 Å². The van der Waals surface area contributed by atoms with Crippen LogP contribution < -0.4 is 0 Å². The molecule has 4 nitrogen and oxygen atoms in total. The predicted molar refractivity (Wildman–Crippen MR) is 103 cm³/mol. The molecule has 4 heteroatoms. The summed E-state index contributed by atoms with van der Waals surface area (Å²) in [5.74, 6) is 0.0733. The number of hydrogen-bond acceptors (Lipinski definition) is 4. The van der Waals surface area contributed by atoms with Crippen molar-refractivity contribution in [1.29, 1.82) is 0 Å². The maximum atomic E-state index is 11.6. The molecule has 0 radical (unpaired) electrons. The summed E-state index contributed by atoms with van der Waals surface area (Å²) >= 11 is 0. The van der Waals surface area contributed by atoms with Crippen molar-refractivity contribution in [2.24, 2.45) is 23.2 Å². The van der Waals surface area contributed by atoms with E-state index in [-0.39, 0.29) is 29.1 Å². The van der Waals surface area contributed by atoms with E-state index in [2.05, 4.69) is 26.0 Å². The summed E-state index contributed by atoms with van der Waals surface area (Å²) in [6.45, 7) is 11.7. The van der Waals surface area contributed by atoms with Crippen molar-refractivity contribution < 1.29 is 19.7 Å². The maximum absolute atomic E-state index is 11.6. The molecule has 0 spiro atoms. The third-order valence-electron chi connectivity index (χ3n) is 6.33. The van der Waals surface area contributed by atoms with E-state index in [0.717, 1.165) is 18.4 Å². The van der Waals surface area contributed by atoms with Gasteiger partial charge in [0.25, 0.3) is 0 Å². The van der Waals surface area contributed by atoms with Crippen molar-refractivity contribution in [2.45, 2.75) is 85.0 Å². The molecule has 2 aliphatic carbocycles. The van der Waals surface area contributed by atoms with Crippen LogP contribution >= 0.6 is 0 Å². The Bertz CT molecular complexity index is 577. The van der Waals surface area contributed by atoms with Crippen LogP contribution in [0, 0.1) is 23.2 Å². The summed E-state index contributed by atoms with van der Waals surface area (Å²) in [7, 11) is 0. The highest BCUT2D eigenvalue weighted by molar-refractivity contribution is 5.66. The maximum Gasteiger partial charge on any atom is 0.303 e. The lowest BCUT2D eigenvalue weighted by Crippen LogP contribution is -2.45. The molecule has 1 fully saturated rings. The van der Waals surface area contributed by atoms with E-state index in [1.54, 1.807) is 0 Å². The lowest BCUT2D eigenvalue weighted by molar-refractivity contribution is -0.163. The lowest BCUT2D eigenvalue weighted by atomic mass is 9.68. The zero-order valence-electron chi connectivity index (χ0n) is 17.2. The molecule has 0 aromatic heterocycles. The normalized spacial score (nSPS) is 42.2. The molecule has 4 unspecified atom stereocenters. The third-order valence-corrected chi connectivity index (χ3v) is 6.33. The third kappa shape index (κ3) is 4.77. The molecule has 2 N–H and O–H groups in total. The molecule has 1 saturated carbocycles. The van der Waals surface area contributed by atoms with Gasteiger partial charge in [-0.3, -0.25) is 4.79 Å². The Kier molecular flexibility index (Phi) is 6.40. The highest BCUT2D eigenvalue weighted by atomic mass is 16.6. The quantitative estimate of drug-likeness (QED) is 0.574. The van der Waals surface area contributed by atoms with Gasteiger partial charge in [0.2, 0.25) is 0 Å². The molecule has 0 amide bonds. The lowest BCUT2D eigenvalue weighted by Gasteiger charge is -2.41. The van der Waals surface area contributed by atoms with Crippen LogP contribution in [0.2, 0.25) is 0 Å². The standard InChI is InChI=1S/C22H36O4/c1-14-7-9-22(6)10-8-18(21(4,5)26-16(3)23)20(22)19(25)13-15(2)12-17(24)11-14/h7,9,12,14,17-20,24-25H,8,10-11,13H2,1-6H3/b9-7+,15-12+/t14?,17-,18?,19?,20?,22+/m1/s1. The van der Waals surface area contributed by atoms with Gasteiger partial charge in [0, 0.05) is 18.8 Å². The summed E-state index contributed by atoms with van der Waals surface area (Å²) in [6, 6.07) is 0. The van der Waals surface area contributed by atoms with Gasteiger partial charge in [-0.15, -0.1) is 0 Å². The van der Waals surface area contributed by atoms with Gasteiger partial charge in [-0.25, -0.2) is 0 Å². The highest BCUT2D eigenvalue weighted by Crippen LogP contribution is 2.54. The van der Waals surface area contributed by atoms with E-state index < -0.39 is 17.8 Å². The van der Waals surface area contributed by atoms with Crippen LogP contribution in [0.25, 0.3) is 0 Å². The molecule has 148 valence electrons. The van der Waals surface area contributed by atoms with Gasteiger partial charge in [-0.05, 0) is 57.8 Å². The van der Waals surface area contributed by atoms with E-state index in [9.17, 15) is 15.0 Å². The highest BCUT2D eigenvalue weighted by Gasteiger charge is 2.53. The minimum Gasteiger partial charge on any atom is -0.460 e. The van der Waals surface area contributed by atoms with Crippen molar-refractivity contribution in [3.63, 3.8) is 0 Å². The van der Waals surface area contributed by atoms with Crippen molar-refractivity contribution in [3.8, 4) is 0 Å². The molecule has 0 bridgehead atoms. The predicted octanol–water partition coefficient (Wildman–Crippen LogP) is 4.01. The number of rotatable bonds is 2. The first-order chi connectivity index (χ1) is 11.9. The van der Waals surface area contributed by atoms with Gasteiger partial charge in [-0.2, -0.15) is 0 Å². The van der Waals surface area contributed by atoms with Gasteiger partial charge >= 0.3 is 5.97 Å². The second-order valence-electron chi connectivity index (χ2n) is 9.30. The zero-order chi connectivity index (χ0) is 19.7. The number of aliphatic hydroxyl groups is 2. The molecule has 0 aromatic carbocycles. The minimum atomic E-state index is -0.619. The van der Waals surface area contributed by atoms with Crippen LogP contribution in [0.1, 0.15) is 67.2 Å². The Morgan fingerprint density at radius 3 is 2.62 bits per heavy atom. The monoisotopic (exact) mass is 364 g/mol. The Morgan fingerprint density at radius 2 is 2.00 bits per heavy atom. The van der Waals surface area contributed by atoms with Crippen LogP contribution in [-0.2, 0) is 9.53 Å². The zero-order valence-corrected chi connectivity index (χ0v) is 17.2. The summed E-state index contributed by atoms with van der Waals surface area (Å²) in [6.07, 6.45) is 8.36. The summed E-state index contributed by atoms with van der Waals surface area (Å²) in [5.41, 5.74) is 0.245. The molecule has 0 saturated heterocycles. The fourth-order valence-corrected chi connectivity index (χ4v) is 5.17. The number of fused-ring (bicyclic) bond motifs is 1. The van der Waals surface area contributed by atoms with E-state index in [4.69, 9.17) is 4.74 Å². The van der Waals surface area contributed by atoms with Gasteiger partial charge < -0.3 is 14.9 Å². The van der Waals surface area contributed by atoms with Crippen molar-refractivity contribution in [3.05, 3.63) is 23.8 Å².